The summed E-state index contributed by atoms with van der Waals surface area (Å²) in [4.78, 5) is 11.2. The van der Waals surface area contributed by atoms with E-state index in [4.69, 9.17) is 0 Å². The number of aliphatic hydroxyl groups is 1. The lowest BCUT2D eigenvalue weighted by molar-refractivity contribution is 0.0695. The second-order valence-electron chi connectivity index (χ2n) is 5.35. The van der Waals surface area contributed by atoms with Crippen LogP contribution in [0.5, 0.6) is 0 Å². The van der Waals surface area contributed by atoms with Gasteiger partial charge in [0.25, 0.3) is 0 Å². The van der Waals surface area contributed by atoms with Gasteiger partial charge in [-0.2, -0.15) is 0 Å². The minimum absolute atomic E-state index is 0.0860. The summed E-state index contributed by atoms with van der Waals surface area (Å²) in [6, 6.07) is 3.79. The van der Waals surface area contributed by atoms with Gasteiger partial charge in [-0.1, -0.05) is 26.0 Å². The molecule has 0 aliphatic carbocycles. The zero-order chi connectivity index (χ0) is 13.2. The number of carboxylic acid groups (broad SMARTS) is 1. The van der Waals surface area contributed by atoms with Crippen LogP contribution in [0.1, 0.15) is 40.9 Å². The molecule has 0 atom stereocenters. The lowest BCUT2D eigenvalue weighted by Gasteiger charge is -2.23. The molecule has 0 aliphatic heterocycles. The number of hydrogen-bond donors (Lipinski definition) is 2. The monoisotopic (exact) mass is 236 g/mol. The summed E-state index contributed by atoms with van der Waals surface area (Å²) >= 11 is 0. The van der Waals surface area contributed by atoms with Crippen LogP contribution in [0, 0.1) is 19.3 Å². The summed E-state index contributed by atoms with van der Waals surface area (Å²) in [6.07, 6.45) is 0.676. The number of aromatic carboxylic acids is 1. The number of aryl methyl sites for hydroxylation is 1. The van der Waals surface area contributed by atoms with Gasteiger partial charge in [0, 0.05) is 6.61 Å². The van der Waals surface area contributed by atoms with Gasteiger partial charge < -0.3 is 10.2 Å². The maximum absolute atomic E-state index is 11.2. The number of rotatable bonds is 4. The Morgan fingerprint density at radius 2 is 1.88 bits per heavy atom. The summed E-state index contributed by atoms with van der Waals surface area (Å²) in [5.41, 5.74) is 2.73. The van der Waals surface area contributed by atoms with Crippen LogP contribution in [-0.2, 0) is 6.42 Å². The van der Waals surface area contributed by atoms with Crippen molar-refractivity contribution in [3.63, 3.8) is 0 Å². The molecule has 0 heterocycles. The topological polar surface area (TPSA) is 57.5 Å². The van der Waals surface area contributed by atoms with E-state index in [0.29, 0.717) is 12.0 Å². The molecule has 17 heavy (non-hydrogen) atoms. The van der Waals surface area contributed by atoms with Gasteiger partial charge in [-0.05, 0) is 42.4 Å². The molecule has 3 heteroatoms. The van der Waals surface area contributed by atoms with Gasteiger partial charge >= 0.3 is 5.97 Å². The molecule has 0 radical (unpaired) electrons. The first-order chi connectivity index (χ1) is 7.78. The van der Waals surface area contributed by atoms with Crippen LogP contribution in [0.15, 0.2) is 12.1 Å². The predicted octanol–water partition coefficient (Wildman–Crippen LogP) is 2.56. The summed E-state index contributed by atoms with van der Waals surface area (Å²) in [5, 5.41) is 18.4. The minimum Gasteiger partial charge on any atom is -0.478 e. The molecule has 0 unspecified atom stereocenters. The molecule has 0 aliphatic rings. The quantitative estimate of drug-likeness (QED) is 0.844. The van der Waals surface area contributed by atoms with E-state index in [1.807, 2.05) is 32.9 Å². The van der Waals surface area contributed by atoms with Crippen molar-refractivity contribution in [2.45, 2.75) is 34.1 Å². The van der Waals surface area contributed by atoms with Crippen LogP contribution in [-0.4, -0.2) is 22.8 Å². The van der Waals surface area contributed by atoms with Gasteiger partial charge in [0.05, 0.1) is 5.56 Å². The zero-order valence-electron chi connectivity index (χ0n) is 10.9. The van der Waals surface area contributed by atoms with E-state index in [1.54, 1.807) is 6.92 Å². The molecule has 0 aromatic heterocycles. The van der Waals surface area contributed by atoms with Crippen molar-refractivity contribution < 1.29 is 15.0 Å². The highest BCUT2D eigenvalue weighted by molar-refractivity contribution is 5.91. The first-order valence-electron chi connectivity index (χ1n) is 5.72. The van der Waals surface area contributed by atoms with E-state index < -0.39 is 5.97 Å². The van der Waals surface area contributed by atoms with Crippen LogP contribution in [0.25, 0.3) is 0 Å². The fraction of sp³-hybridized carbons (Fsp3) is 0.500. The van der Waals surface area contributed by atoms with E-state index in [0.717, 1.165) is 16.7 Å². The van der Waals surface area contributed by atoms with Crippen LogP contribution in [0.4, 0.5) is 0 Å². The van der Waals surface area contributed by atoms with Crippen LogP contribution in [0.3, 0.4) is 0 Å². The average Bonchev–Trinajstić information content (AvgIpc) is 2.22. The smallest absolute Gasteiger partial charge is 0.336 e. The standard InChI is InChI=1S/C14H20O3/c1-9-5-6-11(7-14(3,4)8-15)10(2)12(9)13(16)17/h5-6,15H,7-8H2,1-4H3,(H,16,17). The lowest BCUT2D eigenvalue weighted by atomic mass is 9.83. The molecule has 0 amide bonds. The Hall–Kier alpha value is -1.35. The second kappa shape index (κ2) is 4.88. The highest BCUT2D eigenvalue weighted by Gasteiger charge is 2.21. The molecule has 1 aromatic rings. The Morgan fingerprint density at radius 3 is 2.35 bits per heavy atom. The van der Waals surface area contributed by atoms with Crippen molar-refractivity contribution in [1.82, 2.24) is 0 Å². The molecule has 3 nitrogen and oxygen atoms in total. The van der Waals surface area contributed by atoms with Gasteiger partial charge in [0.2, 0.25) is 0 Å². The molecule has 0 saturated heterocycles. The normalized spacial score (nSPS) is 11.6. The van der Waals surface area contributed by atoms with Crippen molar-refractivity contribution in [3.8, 4) is 0 Å². The first-order valence-corrected chi connectivity index (χ1v) is 5.72. The third kappa shape index (κ3) is 3.07. The Balaban J connectivity index is 3.20. The lowest BCUT2D eigenvalue weighted by Crippen LogP contribution is -2.21. The fourth-order valence-corrected chi connectivity index (χ4v) is 1.98. The van der Waals surface area contributed by atoms with E-state index in [-0.39, 0.29) is 12.0 Å². The van der Waals surface area contributed by atoms with Crippen LogP contribution >= 0.6 is 0 Å². The van der Waals surface area contributed by atoms with Crippen molar-refractivity contribution >= 4 is 5.97 Å². The number of carbonyl (C=O) groups is 1. The van der Waals surface area contributed by atoms with Crippen LogP contribution in [0.2, 0.25) is 0 Å². The van der Waals surface area contributed by atoms with Gasteiger partial charge in [-0.3, -0.25) is 0 Å². The average molecular weight is 236 g/mol. The molecule has 0 spiro atoms. The molecule has 94 valence electrons. The van der Waals surface area contributed by atoms with Crippen molar-refractivity contribution in [2.24, 2.45) is 5.41 Å². The number of hydrogen-bond acceptors (Lipinski definition) is 2. The molecule has 0 fully saturated rings. The predicted molar refractivity (Wildman–Crippen MR) is 67.4 cm³/mol. The summed E-state index contributed by atoms with van der Waals surface area (Å²) in [7, 11) is 0. The fourth-order valence-electron chi connectivity index (χ4n) is 1.98. The van der Waals surface area contributed by atoms with Gasteiger partial charge in [-0.25, -0.2) is 4.79 Å². The van der Waals surface area contributed by atoms with E-state index in [9.17, 15) is 15.0 Å². The Labute approximate surface area is 102 Å². The van der Waals surface area contributed by atoms with Crippen molar-refractivity contribution in [2.75, 3.05) is 6.61 Å². The third-order valence-electron chi connectivity index (χ3n) is 3.10. The molecular weight excluding hydrogens is 216 g/mol. The third-order valence-corrected chi connectivity index (χ3v) is 3.10. The zero-order valence-corrected chi connectivity index (χ0v) is 10.9. The molecular formula is C14H20O3. The SMILES string of the molecule is Cc1ccc(CC(C)(C)CO)c(C)c1C(=O)O. The maximum Gasteiger partial charge on any atom is 0.336 e. The Morgan fingerprint density at radius 1 is 1.29 bits per heavy atom. The molecule has 2 N–H and O–H groups in total. The van der Waals surface area contributed by atoms with E-state index in [2.05, 4.69) is 0 Å². The van der Waals surface area contributed by atoms with Gasteiger partial charge in [-0.15, -0.1) is 0 Å². The summed E-state index contributed by atoms with van der Waals surface area (Å²) in [5.74, 6) is -0.886. The molecule has 0 saturated carbocycles. The van der Waals surface area contributed by atoms with E-state index in [1.165, 1.54) is 0 Å². The van der Waals surface area contributed by atoms with Crippen molar-refractivity contribution in [1.29, 1.82) is 0 Å². The Bertz CT molecular complexity index is 433. The largest absolute Gasteiger partial charge is 0.478 e. The summed E-state index contributed by atoms with van der Waals surface area (Å²) < 4.78 is 0. The van der Waals surface area contributed by atoms with Gasteiger partial charge in [0.15, 0.2) is 0 Å². The number of carboxylic acids is 1. The number of benzene rings is 1. The number of aliphatic hydroxyl groups excluding tert-OH is 1. The highest BCUT2D eigenvalue weighted by Crippen LogP contribution is 2.26. The van der Waals surface area contributed by atoms with Crippen molar-refractivity contribution in [3.05, 3.63) is 34.4 Å². The van der Waals surface area contributed by atoms with Gasteiger partial charge in [0.1, 0.15) is 0 Å². The molecule has 1 aromatic carbocycles. The Kier molecular flexibility index (Phi) is 3.94. The first kappa shape index (κ1) is 13.7. The summed E-state index contributed by atoms with van der Waals surface area (Å²) in [6.45, 7) is 7.65. The molecule has 0 bridgehead atoms. The highest BCUT2D eigenvalue weighted by atomic mass is 16.4. The van der Waals surface area contributed by atoms with Crippen LogP contribution < -0.4 is 0 Å². The second-order valence-corrected chi connectivity index (χ2v) is 5.35. The van der Waals surface area contributed by atoms with E-state index >= 15 is 0 Å². The molecule has 1 rings (SSSR count). The minimum atomic E-state index is -0.886. The maximum atomic E-state index is 11.2.